The molecule has 0 spiro atoms. The topological polar surface area (TPSA) is 0 Å². The molecule has 246 valence electrons. The van der Waals surface area contributed by atoms with Crippen molar-refractivity contribution >= 4 is 93.4 Å². The molecule has 0 radical (unpaired) electrons. The van der Waals surface area contributed by atoms with Gasteiger partial charge in [0.2, 0.25) is 0 Å². The maximum atomic E-state index is 2.63. The molecule has 6 unspecified atom stereocenters. The summed E-state index contributed by atoms with van der Waals surface area (Å²) in [6.07, 6.45) is 7.06. The fourth-order valence-electron chi connectivity index (χ4n) is 6.47. The zero-order chi connectivity index (χ0) is 33.1. The molecule has 0 nitrogen and oxygen atoms in total. The van der Waals surface area contributed by atoms with Gasteiger partial charge in [-0.25, -0.2) is 0 Å². The summed E-state index contributed by atoms with van der Waals surface area (Å²) in [5.41, 5.74) is 0. The molecule has 0 N–H and O–H groups in total. The summed E-state index contributed by atoms with van der Waals surface area (Å²) < 4.78 is 10.8. The van der Waals surface area contributed by atoms with Gasteiger partial charge in [-0.1, -0.05) is 0 Å². The molecule has 0 aliphatic carbocycles. The Kier molecular flexibility index (Phi) is 13.9. The molecule has 1 aliphatic heterocycles. The molecule has 0 amide bonds. The Labute approximate surface area is 314 Å². The Morgan fingerprint density at radius 3 is 0.735 bits per heavy atom. The zero-order valence-electron chi connectivity index (χ0n) is 28.0. The number of hydrogen-bond acceptors (Lipinski definition) is 0. The van der Waals surface area contributed by atoms with Crippen LogP contribution in [0, 0.1) is 0 Å². The minimum absolute atomic E-state index is 1.41. The van der Waals surface area contributed by atoms with E-state index < -0.39 is 67.2 Å². The SMILES string of the molecule is c1ccc([As]2CCCCCCC[As](c3ccccc3)[As](c3ccccc3)[As](c3ccccc3)[As](c3ccccc3)[As]2c2ccccc2)cc1. The van der Waals surface area contributed by atoms with Crippen LogP contribution < -0.4 is 26.1 Å². The van der Waals surface area contributed by atoms with Crippen molar-refractivity contribution in [1.29, 1.82) is 0 Å². The third kappa shape index (κ3) is 9.19. The van der Waals surface area contributed by atoms with E-state index in [9.17, 15) is 0 Å². The summed E-state index contributed by atoms with van der Waals surface area (Å²) >= 11 is -2.83. The van der Waals surface area contributed by atoms with Crippen LogP contribution in [0.15, 0.2) is 182 Å². The van der Waals surface area contributed by atoms with Crippen molar-refractivity contribution in [2.24, 2.45) is 0 Å². The molecule has 0 aromatic heterocycles. The van der Waals surface area contributed by atoms with Crippen LogP contribution in [-0.4, -0.2) is 67.2 Å². The van der Waals surface area contributed by atoms with E-state index in [0.717, 1.165) is 0 Å². The van der Waals surface area contributed by atoms with Crippen LogP contribution in [0.2, 0.25) is 10.4 Å². The molecular weight excluding hydrogens is 966 g/mol. The second-order valence-electron chi connectivity index (χ2n) is 12.2. The Hall–Kier alpha value is -1.33. The molecular formula is C43H44As6. The predicted octanol–water partition coefficient (Wildman–Crippen LogP) is 5.75. The Balaban J connectivity index is 1.56. The van der Waals surface area contributed by atoms with Crippen molar-refractivity contribution in [2.75, 3.05) is 0 Å². The maximum absolute atomic E-state index is 2.63. The van der Waals surface area contributed by atoms with Gasteiger partial charge in [0.15, 0.2) is 0 Å². The zero-order valence-corrected chi connectivity index (χ0v) is 39.2. The van der Waals surface area contributed by atoms with Gasteiger partial charge in [0.25, 0.3) is 0 Å². The third-order valence-corrected chi connectivity index (χ3v) is 217. The molecule has 0 bridgehead atoms. The third-order valence-electron chi connectivity index (χ3n) is 8.79. The standard InChI is InChI=1S/C43H44As6/c1-2-22-36-44(38-24-10-4-11-25-38)46(40-28-14-6-15-29-40)48(42-32-18-8-19-33-42)49(43-34-20-9-21-35-43)47(41-30-16-7-17-31-41)45(37-23-3-1)39-26-12-5-13-27-39/h4-21,24-35H,1-3,22-23,36-37H2. The average molecular weight is 1010 g/mol. The first kappa shape index (κ1) is 36.0. The Bertz CT molecular complexity index is 1670. The van der Waals surface area contributed by atoms with Gasteiger partial charge in [-0.15, -0.1) is 0 Å². The van der Waals surface area contributed by atoms with Gasteiger partial charge in [0.1, 0.15) is 0 Å². The van der Waals surface area contributed by atoms with E-state index in [1.807, 2.05) is 8.70 Å². The van der Waals surface area contributed by atoms with Crippen molar-refractivity contribution in [3.05, 3.63) is 182 Å². The van der Waals surface area contributed by atoms with E-state index in [4.69, 9.17) is 0 Å². The second kappa shape index (κ2) is 19.0. The molecule has 1 aliphatic rings. The average Bonchev–Trinajstić information content (AvgIpc) is 3.20. The van der Waals surface area contributed by atoms with Crippen LogP contribution >= 0.6 is 0 Å². The van der Waals surface area contributed by atoms with Crippen LogP contribution in [0.1, 0.15) is 32.1 Å². The van der Waals surface area contributed by atoms with Gasteiger partial charge in [-0.05, 0) is 0 Å². The molecule has 7 rings (SSSR count). The molecule has 1 saturated heterocycles. The normalized spacial score (nSPS) is 23.8. The van der Waals surface area contributed by atoms with Gasteiger partial charge in [0.05, 0.1) is 0 Å². The van der Waals surface area contributed by atoms with E-state index in [0.29, 0.717) is 0 Å². The van der Waals surface area contributed by atoms with Gasteiger partial charge in [-0.3, -0.25) is 0 Å². The van der Waals surface area contributed by atoms with E-state index >= 15 is 0 Å². The van der Waals surface area contributed by atoms with Crippen LogP contribution in [0.3, 0.4) is 0 Å². The van der Waals surface area contributed by atoms with Crippen LogP contribution in [0.4, 0.5) is 0 Å². The second-order valence-corrected chi connectivity index (χ2v) is 105. The molecule has 6 aromatic rings. The number of rotatable bonds is 6. The molecule has 0 saturated carbocycles. The van der Waals surface area contributed by atoms with E-state index in [2.05, 4.69) is 182 Å². The van der Waals surface area contributed by atoms with Crippen molar-refractivity contribution in [3.63, 3.8) is 0 Å². The summed E-state index contributed by atoms with van der Waals surface area (Å²) in [6, 6.07) is 73.3. The molecule has 6 aromatic carbocycles. The van der Waals surface area contributed by atoms with Crippen LogP contribution in [-0.2, 0) is 0 Å². The van der Waals surface area contributed by atoms with Crippen LogP contribution in [0.25, 0.3) is 0 Å². The number of hydrogen-bond donors (Lipinski definition) is 0. The first-order valence-electron chi connectivity index (χ1n) is 17.4. The monoisotopic (exact) mass is 1010 g/mol. The molecule has 1 heterocycles. The van der Waals surface area contributed by atoms with E-state index in [1.54, 1.807) is 17.4 Å². The van der Waals surface area contributed by atoms with Gasteiger partial charge < -0.3 is 0 Å². The van der Waals surface area contributed by atoms with Gasteiger partial charge >= 0.3 is 318 Å². The van der Waals surface area contributed by atoms with Crippen molar-refractivity contribution in [1.82, 2.24) is 0 Å². The molecule has 49 heavy (non-hydrogen) atoms. The molecule has 6 atom stereocenters. The quantitative estimate of drug-likeness (QED) is 0.187. The first-order valence-corrected chi connectivity index (χ1v) is 51.7. The van der Waals surface area contributed by atoms with E-state index in [-0.39, 0.29) is 0 Å². The van der Waals surface area contributed by atoms with Crippen molar-refractivity contribution in [2.45, 2.75) is 42.5 Å². The summed E-state index contributed by atoms with van der Waals surface area (Å²) in [5.74, 6) is 0. The summed E-state index contributed by atoms with van der Waals surface area (Å²) in [4.78, 5) is 0. The summed E-state index contributed by atoms with van der Waals surface area (Å²) in [5, 5.41) is 2.97. The molecule has 1 fully saturated rings. The Morgan fingerprint density at radius 1 is 0.224 bits per heavy atom. The first-order chi connectivity index (χ1) is 24.4. The van der Waals surface area contributed by atoms with Crippen molar-refractivity contribution < 1.29 is 0 Å². The predicted molar refractivity (Wildman–Crippen MR) is 224 cm³/mol. The summed E-state index contributed by atoms with van der Waals surface area (Å²) in [6.45, 7) is 0. The summed E-state index contributed by atoms with van der Waals surface area (Å²) in [7, 11) is -6.30. The fourth-order valence-corrected chi connectivity index (χ4v) is 410. The number of benzene rings is 6. The minimum atomic E-state index is -1.61. The van der Waals surface area contributed by atoms with Gasteiger partial charge in [-0.2, -0.15) is 0 Å². The van der Waals surface area contributed by atoms with Crippen molar-refractivity contribution in [3.8, 4) is 0 Å². The van der Waals surface area contributed by atoms with Crippen LogP contribution in [0.5, 0.6) is 0 Å². The van der Waals surface area contributed by atoms with E-state index in [1.165, 1.54) is 42.5 Å². The Morgan fingerprint density at radius 2 is 0.449 bits per heavy atom. The molecule has 6 heteroatoms. The van der Waals surface area contributed by atoms with Gasteiger partial charge in [0, 0.05) is 0 Å². The fraction of sp³-hybridized carbons (Fsp3) is 0.163.